The monoisotopic (exact) mass is 534 g/mol. The number of sulfonamides is 1. The van der Waals surface area contributed by atoms with Crippen molar-refractivity contribution >= 4 is 39.1 Å². The normalized spacial score (nSPS) is 17.2. The second kappa shape index (κ2) is 12.3. The largest absolute Gasteiger partial charge is 0.489 e. The molecule has 0 amide bonds. The Morgan fingerprint density at radius 1 is 1.17 bits per heavy atom. The van der Waals surface area contributed by atoms with Crippen molar-refractivity contribution in [2.75, 3.05) is 17.7 Å². The van der Waals surface area contributed by atoms with Crippen LogP contribution in [0.15, 0.2) is 52.3 Å². The Kier molecular flexibility index (Phi) is 9.72. The van der Waals surface area contributed by atoms with E-state index in [0.29, 0.717) is 18.0 Å². The molecule has 0 radical (unpaired) electrons. The van der Waals surface area contributed by atoms with Gasteiger partial charge < -0.3 is 14.7 Å². The van der Waals surface area contributed by atoms with Crippen LogP contribution in [-0.4, -0.2) is 43.9 Å². The number of aliphatic carboxylic acids is 1. The van der Waals surface area contributed by atoms with E-state index >= 15 is 0 Å². The number of para-hydroxylation sites is 1. The Bertz CT molecular complexity index is 1130. The van der Waals surface area contributed by atoms with E-state index in [0.717, 1.165) is 49.1 Å². The Hall–Kier alpha value is -2.23. The smallest absolute Gasteiger partial charge is 0.307 e. The molecule has 0 saturated carbocycles. The van der Waals surface area contributed by atoms with Crippen molar-refractivity contribution in [3.8, 4) is 5.75 Å². The average molecular weight is 535 g/mol. The van der Waals surface area contributed by atoms with E-state index in [1.807, 2.05) is 42.7 Å². The standard InChI is InChI=1S/C27H38N2O5S2/c1-5-7-14-27(15-8-6-2)19-29(21-12-10-9-11-13-21)22-17-24(35-4)23(34-20(3)16-26(30)31)18-25(22)36(32,33)28-27/h9-13,17-18,20,28H,5-8,14-16,19H2,1-4H3,(H,30,31). The molecule has 3 rings (SSSR count). The van der Waals surface area contributed by atoms with E-state index in [9.17, 15) is 13.2 Å². The lowest BCUT2D eigenvalue weighted by Gasteiger charge is -2.37. The lowest BCUT2D eigenvalue weighted by Crippen LogP contribution is -2.53. The molecule has 0 aliphatic carbocycles. The number of rotatable bonds is 12. The number of anilines is 2. The van der Waals surface area contributed by atoms with Crippen molar-refractivity contribution < 1.29 is 23.1 Å². The third kappa shape index (κ3) is 6.75. The van der Waals surface area contributed by atoms with Crippen LogP contribution in [0, 0.1) is 0 Å². The second-order valence-corrected chi connectivity index (χ2v) is 12.0. The van der Waals surface area contributed by atoms with Gasteiger partial charge in [0.1, 0.15) is 16.7 Å². The van der Waals surface area contributed by atoms with Gasteiger partial charge >= 0.3 is 5.97 Å². The molecule has 7 nitrogen and oxygen atoms in total. The fraction of sp³-hybridized carbons (Fsp3) is 0.519. The molecule has 36 heavy (non-hydrogen) atoms. The number of nitrogens with one attached hydrogen (secondary N) is 1. The zero-order valence-electron chi connectivity index (χ0n) is 21.6. The molecule has 0 aromatic heterocycles. The van der Waals surface area contributed by atoms with Gasteiger partial charge in [0, 0.05) is 18.3 Å². The van der Waals surface area contributed by atoms with Gasteiger partial charge in [-0.2, -0.15) is 0 Å². The third-order valence-electron chi connectivity index (χ3n) is 6.51. The van der Waals surface area contributed by atoms with E-state index in [-0.39, 0.29) is 11.3 Å². The van der Waals surface area contributed by atoms with Gasteiger partial charge in [-0.1, -0.05) is 57.7 Å². The number of carboxylic acids is 1. The van der Waals surface area contributed by atoms with Gasteiger partial charge in [-0.25, -0.2) is 13.1 Å². The molecule has 0 bridgehead atoms. The van der Waals surface area contributed by atoms with Crippen LogP contribution >= 0.6 is 11.8 Å². The first-order chi connectivity index (χ1) is 17.1. The van der Waals surface area contributed by atoms with Crippen LogP contribution in [0.3, 0.4) is 0 Å². The highest BCUT2D eigenvalue weighted by atomic mass is 32.2. The molecule has 1 atom stereocenters. The zero-order valence-corrected chi connectivity index (χ0v) is 23.3. The minimum atomic E-state index is -3.89. The summed E-state index contributed by atoms with van der Waals surface area (Å²) in [5, 5.41) is 9.16. The van der Waals surface area contributed by atoms with Gasteiger partial charge in [0.25, 0.3) is 0 Å². The molecule has 1 aliphatic rings. The number of thioether (sulfide) groups is 1. The van der Waals surface area contributed by atoms with Crippen LogP contribution in [-0.2, 0) is 14.8 Å². The molecule has 2 aromatic rings. The fourth-order valence-electron chi connectivity index (χ4n) is 4.73. The maximum absolute atomic E-state index is 13.9. The molecule has 9 heteroatoms. The highest BCUT2D eigenvalue weighted by Crippen LogP contribution is 2.44. The van der Waals surface area contributed by atoms with E-state index in [4.69, 9.17) is 9.84 Å². The highest BCUT2D eigenvalue weighted by molar-refractivity contribution is 7.98. The number of hydrogen-bond acceptors (Lipinski definition) is 6. The van der Waals surface area contributed by atoms with Crippen LogP contribution in [0.4, 0.5) is 11.4 Å². The Balaban J connectivity index is 2.21. The molecule has 198 valence electrons. The van der Waals surface area contributed by atoms with Crippen molar-refractivity contribution in [2.24, 2.45) is 0 Å². The molecule has 0 fully saturated rings. The van der Waals surface area contributed by atoms with Gasteiger partial charge in [-0.3, -0.25) is 4.79 Å². The van der Waals surface area contributed by atoms with E-state index < -0.39 is 27.6 Å². The minimum absolute atomic E-state index is 0.150. The number of nitrogens with zero attached hydrogens (tertiary/aromatic N) is 1. The molecule has 0 spiro atoms. The topological polar surface area (TPSA) is 95.9 Å². The van der Waals surface area contributed by atoms with Gasteiger partial charge in [0.2, 0.25) is 10.0 Å². The van der Waals surface area contributed by atoms with Gasteiger partial charge in [0.05, 0.1) is 22.5 Å². The maximum atomic E-state index is 13.9. The van der Waals surface area contributed by atoms with Gasteiger partial charge in [-0.05, 0) is 44.2 Å². The van der Waals surface area contributed by atoms with Crippen molar-refractivity contribution in [1.82, 2.24) is 4.72 Å². The molecular formula is C27H38N2O5S2. The molecular weight excluding hydrogens is 496 g/mol. The number of unbranched alkanes of at least 4 members (excludes halogenated alkanes) is 2. The molecule has 2 aromatic carbocycles. The summed E-state index contributed by atoms with van der Waals surface area (Å²) in [5.41, 5.74) is 0.915. The lowest BCUT2D eigenvalue weighted by molar-refractivity contribution is -0.138. The van der Waals surface area contributed by atoms with Crippen LogP contribution in [0.1, 0.15) is 65.7 Å². The Morgan fingerprint density at radius 3 is 2.36 bits per heavy atom. The second-order valence-electron chi connectivity index (χ2n) is 9.51. The van der Waals surface area contributed by atoms with Crippen molar-refractivity contribution in [2.45, 2.75) is 87.2 Å². The van der Waals surface area contributed by atoms with Gasteiger partial charge in [-0.15, -0.1) is 11.8 Å². The Labute approximate surface area is 219 Å². The average Bonchev–Trinajstić information content (AvgIpc) is 2.93. The van der Waals surface area contributed by atoms with Crippen LogP contribution in [0.2, 0.25) is 0 Å². The summed E-state index contributed by atoms with van der Waals surface area (Å²) in [6.07, 6.45) is 6.40. The summed E-state index contributed by atoms with van der Waals surface area (Å²) in [6.45, 7) is 6.43. The van der Waals surface area contributed by atoms with E-state index in [2.05, 4.69) is 23.5 Å². The quantitative estimate of drug-likeness (QED) is 0.313. The zero-order chi connectivity index (χ0) is 26.3. The number of fused-ring (bicyclic) bond motifs is 1. The number of benzene rings is 2. The first kappa shape index (κ1) is 28.3. The fourth-order valence-corrected chi connectivity index (χ4v) is 6.92. The van der Waals surface area contributed by atoms with E-state index in [1.54, 1.807) is 13.0 Å². The van der Waals surface area contributed by atoms with E-state index in [1.165, 1.54) is 11.8 Å². The summed E-state index contributed by atoms with van der Waals surface area (Å²) >= 11 is 1.45. The van der Waals surface area contributed by atoms with Gasteiger partial charge in [0.15, 0.2) is 0 Å². The third-order valence-corrected chi connectivity index (χ3v) is 8.88. The molecule has 2 N–H and O–H groups in total. The maximum Gasteiger partial charge on any atom is 0.307 e. The van der Waals surface area contributed by atoms with Crippen LogP contribution in [0.25, 0.3) is 0 Å². The number of hydrogen-bond donors (Lipinski definition) is 2. The predicted molar refractivity (Wildman–Crippen MR) is 146 cm³/mol. The number of carboxylic acid groups (broad SMARTS) is 1. The summed E-state index contributed by atoms with van der Waals surface area (Å²) in [5.74, 6) is -0.591. The minimum Gasteiger partial charge on any atom is -0.489 e. The number of ether oxygens (including phenoxy) is 1. The van der Waals surface area contributed by atoms with Crippen molar-refractivity contribution in [3.63, 3.8) is 0 Å². The highest BCUT2D eigenvalue weighted by Gasteiger charge is 2.42. The number of carbonyl (C=O) groups is 1. The lowest BCUT2D eigenvalue weighted by atomic mass is 9.87. The first-order valence-electron chi connectivity index (χ1n) is 12.6. The summed E-state index contributed by atoms with van der Waals surface area (Å²) in [6, 6.07) is 13.3. The summed E-state index contributed by atoms with van der Waals surface area (Å²) in [4.78, 5) is 14.2. The van der Waals surface area contributed by atoms with Crippen LogP contribution < -0.4 is 14.4 Å². The molecule has 1 aliphatic heterocycles. The molecule has 1 heterocycles. The molecule has 0 saturated heterocycles. The summed E-state index contributed by atoms with van der Waals surface area (Å²) < 4.78 is 36.9. The van der Waals surface area contributed by atoms with Crippen molar-refractivity contribution in [1.29, 1.82) is 0 Å². The first-order valence-corrected chi connectivity index (χ1v) is 15.3. The Morgan fingerprint density at radius 2 is 1.81 bits per heavy atom. The summed E-state index contributed by atoms with van der Waals surface area (Å²) in [7, 11) is -3.89. The SMILES string of the molecule is CCCCC1(CCCC)CN(c2ccccc2)c2cc(SC)c(OC(C)CC(=O)O)cc2S(=O)(=O)N1. The predicted octanol–water partition coefficient (Wildman–Crippen LogP) is 6.20. The van der Waals surface area contributed by atoms with Crippen molar-refractivity contribution in [3.05, 3.63) is 42.5 Å². The van der Waals surface area contributed by atoms with Crippen LogP contribution in [0.5, 0.6) is 5.75 Å². The molecule has 1 unspecified atom stereocenters.